The van der Waals surface area contributed by atoms with Crippen molar-refractivity contribution in [3.63, 3.8) is 0 Å². The summed E-state index contributed by atoms with van der Waals surface area (Å²) in [5.41, 5.74) is 1.32. The molecular weight excluding hydrogens is 275 g/mol. The van der Waals surface area contributed by atoms with Gasteiger partial charge in [0.15, 0.2) is 0 Å². The molecule has 0 radical (unpaired) electrons. The van der Waals surface area contributed by atoms with Gasteiger partial charge in [0.25, 0.3) is 0 Å². The number of nitrogens with one attached hydrogen (secondary N) is 1. The molecule has 0 bridgehead atoms. The standard InChI is InChI=1S/C14H17FN4O2/c1-9(8-11-4-6-12(15)7-5-11)16-14-13(19(20)21)10(2)17-18(14)3/h4-7,9,16H,8H2,1-3H3. The fraction of sp³-hybridized carbons (Fsp3) is 0.357. The fourth-order valence-corrected chi connectivity index (χ4v) is 2.29. The molecule has 2 rings (SSSR count). The molecule has 0 aliphatic heterocycles. The summed E-state index contributed by atoms with van der Waals surface area (Å²) in [6, 6.07) is 6.16. The minimum Gasteiger partial charge on any atom is -0.362 e. The molecule has 1 aromatic carbocycles. The summed E-state index contributed by atoms with van der Waals surface area (Å²) in [6.07, 6.45) is 0.627. The van der Waals surface area contributed by atoms with E-state index in [9.17, 15) is 14.5 Å². The van der Waals surface area contributed by atoms with Gasteiger partial charge >= 0.3 is 5.69 Å². The average Bonchev–Trinajstić information content (AvgIpc) is 2.67. The first-order chi connectivity index (χ1) is 9.88. The second kappa shape index (κ2) is 5.90. The molecule has 2 aromatic rings. The molecule has 0 saturated carbocycles. The van der Waals surface area contributed by atoms with Crippen LogP contribution in [0.1, 0.15) is 18.2 Å². The van der Waals surface area contributed by atoms with Gasteiger partial charge in [-0.05, 0) is 38.0 Å². The normalized spacial score (nSPS) is 12.2. The van der Waals surface area contributed by atoms with Crippen LogP contribution >= 0.6 is 0 Å². The van der Waals surface area contributed by atoms with E-state index in [1.54, 1.807) is 26.1 Å². The highest BCUT2D eigenvalue weighted by molar-refractivity contribution is 5.59. The van der Waals surface area contributed by atoms with Crippen molar-refractivity contribution in [2.75, 3.05) is 5.32 Å². The maximum absolute atomic E-state index is 12.9. The summed E-state index contributed by atoms with van der Waals surface area (Å²) in [5.74, 6) is 0.101. The largest absolute Gasteiger partial charge is 0.362 e. The number of nitro groups is 1. The zero-order valence-corrected chi connectivity index (χ0v) is 12.1. The fourth-order valence-electron chi connectivity index (χ4n) is 2.29. The number of halogens is 1. The van der Waals surface area contributed by atoms with E-state index in [4.69, 9.17) is 0 Å². The van der Waals surface area contributed by atoms with E-state index >= 15 is 0 Å². The molecule has 0 saturated heterocycles. The maximum atomic E-state index is 12.9. The SMILES string of the molecule is Cc1nn(C)c(NC(C)Cc2ccc(F)cc2)c1[N+](=O)[O-]. The Kier molecular flexibility index (Phi) is 4.21. The number of benzene rings is 1. The third-order valence-electron chi connectivity index (χ3n) is 3.21. The second-order valence-electron chi connectivity index (χ2n) is 5.04. The van der Waals surface area contributed by atoms with E-state index in [-0.39, 0.29) is 17.5 Å². The molecule has 1 unspecified atom stereocenters. The van der Waals surface area contributed by atoms with Crippen LogP contribution < -0.4 is 5.32 Å². The third kappa shape index (κ3) is 3.36. The maximum Gasteiger partial charge on any atom is 0.333 e. The van der Waals surface area contributed by atoms with Crippen LogP contribution in [0.15, 0.2) is 24.3 Å². The Balaban J connectivity index is 2.14. The highest BCUT2D eigenvalue weighted by Gasteiger charge is 2.24. The molecule has 1 N–H and O–H groups in total. The number of aromatic nitrogens is 2. The number of rotatable bonds is 5. The molecule has 6 nitrogen and oxygen atoms in total. The van der Waals surface area contributed by atoms with Crippen LogP contribution in [0.4, 0.5) is 15.9 Å². The second-order valence-corrected chi connectivity index (χ2v) is 5.04. The van der Waals surface area contributed by atoms with Crippen LogP contribution in [0.5, 0.6) is 0 Å². The lowest BCUT2D eigenvalue weighted by molar-refractivity contribution is -0.384. The summed E-state index contributed by atoms with van der Waals surface area (Å²) in [5, 5.41) is 18.3. The van der Waals surface area contributed by atoms with Crippen molar-refractivity contribution in [2.24, 2.45) is 7.05 Å². The molecule has 112 valence electrons. The Morgan fingerprint density at radius 2 is 2.05 bits per heavy atom. The Hall–Kier alpha value is -2.44. The van der Waals surface area contributed by atoms with E-state index in [1.165, 1.54) is 16.8 Å². The highest BCUT2D eigenvalue weighted by atomic mass is 19.1. The minimum absolute atomic E-state index is 0.0107. The van der Waals surface area contributed by atoms with Crippen molar-refractivity contribution >= 4 is 11.5 Å². The van der Waals surface area contributed by atoms with Crippen LogP contribution in [0.25, 0.3) is 0 Å². The Bertz CT molecular complexity index is 652. The van der Waals surface area contributed by atoms with Crippen LogP contribution in [-0.4, -0.2) is 20.7 Å². The molecule has 0 spiro atoms. The molecule has 1 aromatic heterocycles. The number of anilines is 1. The number of hydrogen-bond acceptors (Lipinski definition) is 4. The van der Waals surface area contributed by atoms with Gasteiger partial charge in [-0.15, -0.1) is 0 Å². The van der Waals surface area contributed by atoms with E-state index < -0.39 is 4.92 Å². The Morgan fingerprint density at radius 1 is 1.43 bits per heavy atom. The zero-order chi connectivity index (χ0) is 15.6. The summed E-state index contributed by atoms with van der Waals surface area (Å²) in [4.78, 5) is 10.7. The first-order valence-electron chi connectivity index (χ1n) is 6.57. The quantitative estimate of drug-likeness (QED) is 0.679. The number of hydrogen-bond donors (Lipinski definition) is 1. The van der Waals surface area contributed by atoms with Crippen molar-refractivity contribution in [2.45, 2.75) is 26.3 Å². The summed E-state index contributed by atoms with van der Waals surface area (Å²) in [6.45, 7) is 3.52. The zero-order valence-electron chi connectivity index (χ0n) is 12.1. The topological polar surface area (TPSA) is 73.0 Å². The van der Waals surface area contributed by atoms with Crippen LogP contribution in [-0.2, 0) is 13.5 Å². The lowest BCUT2D eigenvalue weighted by Gasteiger charge is -2.14. The van der Waals surface area contributed by atoms with Crippen molar-refractivity contribution in [1.29, 1.82) is 0 Å². The van der Waals surface area contributed by atoms with Gasteiger partial charge in [0, 0.05) is 13.1 Å². The van der Waals surface area contributed by atoms with Crippen LogP contribution in [0.3, 0.4) is 0 Å². The van der Waals surface area contributed by atoms with Gasteiger partial charge in [-0.2, -0.15) is 5.10 Å². The molecule has 21 heavy (non-hydrogen) atoms. The van der Waals surface area contributed by atoms with Gasteiger partial charge in [0.1, 0.15) is 11.5 Å². The van der Waals surface area contributed by atoms with Crippen molar-refractivity contribution in [3.8, 4) is 0 Å². The van der Waals surface area contributed by atoms with Crippen molar-refractivity contribution < 1.29 is 9.31 Å². The van der Waals surface area contributed by atoms with E-state index in [0.29, 0.717) is 17.9 Å². The summed E-state index contributed by atoms with van der Waals surface area (Å²) in [7, 11) is 1.66. The monoisotopic (exact) mass is 292 g/mol. The molecule has 0 aliphatic rings. The van der Waals surface area contributed by atoms with E-state index in [1.807, 2.05) is 6.92 Å². The average molecular weight is 292 g/mol. The Morgan fingerprint density at radius 3 is 2.62 bits per heavy atom. The third-order valence-corrected chi connectivity index (χ3v) is 3.21. The molecule has 1 atom stereocenters. The molecule has 1 heterocycles. The smallest absolute Gasteiger partial charge is 0.333 e. The summed E-state index contributed by atoms with van der Waals surface area (Å²) >= 11 is 0. The lowest BCUT2D eigenvalue weighted by Crippen LogP contribution is -2.20. The van der Waals surface area contributed by atoms with Gasteiger partial charge in [-0.3, -0.25) is 10.1 Å². The predicted octanol–water partition coefficient (Wildman–Crippen LogP) is 2.82. The predicted molar refractivity (Wildman–Crippen MR) is 77.8 cm³/mol. The molecule has 0 aliphatic carbocycles. The van der Waals surface area contributed by atoms with Gasteiger partial charge in [0.05, 0.1) is 4.92 Å². The molecule has 0 fully saturated rings. The minimum atomic E-state index is -0.435. The molecule has 7 heteroatoms. The van der Waals surface area contributed by atoms with E-state index in [0.717, 1.165) is 5.56 Å². The van der Waals surface area contributed by atoms with Crippen molar-refractivity contribution in [1.82, 2.24) is 9.78 Å². The van der Waals surface area contributed by atoms with Gasteiger partial charge in [-0.1, -0.05) is 12.1 Å². The van der Waals surface area contributed by atoms with Gasteiger partial charge in [0.2, 0.25) is 5.82 Å². The van der Waals surface area contributed by atoms with Gasteiger partial charge < -0.3 is 5.32 Å². The summed E-state index contributed by atoms with van der Waals surface area (Å²) < 4.78 is 14.3. The van der Waals surface area contributed by atoms with Crippen LogP contribution in [0.2, 0.25) is 0 Å². The first-order valence-corrected chi connectivity index (χ1v) is 6.57. The number of nitrogens with zero attached hydrogens (tertiary/aromatic N) is 3. The highest BCUT2D eigenvalue weighted by Crippen LogP contribution is 2.28. The van der Waals surface area contributed by atoms with E-state index in [2.05, 4.69) is 10.4 Å². The Labute approximate surface area is 121 Å². The molecule has 0 amide bonds. The first kappa shape index (κ1) is 15.0. The lowest BCUT2D eigenvalue weighted by atomic mass is 10.1. The van der Waals surface area contributed by atoms with Crippen LogP contribution in [0, 0.1) is 22.9 Å². The van der Waals surface area contributed by atoms with Gasteiger partial charge in [-0.25, -0.2) is 9.07 Å². The van der Waals surface area contributed by atoms with Crippen molar-refractivity contribution in [3.05, 3.63) is 51.5 Å². The number of aryl methyl sites for hydroxylation is 2. The molecular formula is C14H17FN4O2.